The third kappa shape index (κ3) is 2.86. The summed E-state index contributed by atoms with van der Waals surface area (Å²) in [6, 6.07) is 0. The van der Waals surface area contributed by atoms with E-state index in [1.54, 1.807) is 17.3 Å². The Bertz CT molecular complexity index is 768. The summed E-state index contributed by atoms with van der Waals surface area (Å²) in [4.78, 5) is 38.3. The van der Waals surface area contributed by atoms with Gasteiger partial charge in [0.05, 0.1) is 31.2 Å². The maximum Gasteiger partial charge on any atom is 0.274 e. The standard InChI is InChI=1S/C16H18N6O2/c23-15(11-1-2-11)20-8-12-7-19-14-10-21(5-6-22(12)14)16(24)13-9-17-3-4-18-13/h3-4,7,9,11H,1-2,5-6,8,10H2,(H,20,23). The lowest BCUT2D eigenvalue weighted by Gasteiger charge is -2.28. The van der Waals surface area contributed by atoms with Gasteiger partial charge in [0.1, 0.15) is 11.5 Å². The van der Waals surface area contributed by atoms with E-state index in [2.05, 4.69) is 24.8 Å². The third-order valence-corrected chi connectivity index (χ3v) is 4.41. The lowest BCUT2D eigenvalue weighted by Crippen LogP contribution is -2.39. The van der Waals surface area contributed by atoms with Crippen molar-refractivity contribution in [2.45, 2.75) is 32.5 Å². The number of carbonyl (C=O) groups excluding carboxylic acids is 2. The van der Waals surface area contributed by atoms with E-state index in [0.717, 1.165) is 24.4 Å². The molecular weight excluding hydrogens is 308 g/mol. The molecule has 0 radical (unpaired) electrons. The summed E-state index contributed by atoms with van der Waals surface area (Å²) in [5, 5.41) is 2.96. The number of carbonyl (C=O) groups is 2. The van der Waals surface area contributed by atoms with Crippen molar-refractivity contribution >= 4 is 11.8 Å². The molecule has 0 saturated heterocycles. The number of aromatic nitrogens is 4. The second kappa shape index (κ2) is 6.03. The number of imidazole rings is 1. The molecule has 3 heterocycles. The van der Waals surface area contributed by atoms with Crippen molar-refractivity contribution in [2.75, 3.05) is 6.54 Å². The van der Waals surface area contributed by atoms with Gasteiger partial charge in [-0.3, -0.25) is 14.6 Å². The largest absolute Gasteiger partial charge is 0.350 e. The summed E-state index contributed by atoms with van der Waals surface area (Å²) in [6.45, 7) is 2.17. The van der Waals surface area contributed by atoms with Crippen molar-refractivity contribution in [3.05, 3.63) is 42.0 Å². The first-order valence-corrected chi connectivity index (χ1v) is 8.08. The van der Waals surface area contributed by atoms with Crippen molar-refractivity contribution in [2.24, 2.45) is 5.92 Å². The third-order valence-electron chi connectivity index (χ3n) is 4.41. The van der Waals surface area contributed by atoms with Crippen molar-refractivity contribution in [3.63, 3.8) is 0 Å². The Hall–Kier alpha value is -2.77. The Morgan fingerprint density at radius 1 is 1.17 bits per heavy atom. The zero-order chi connectivity index (χ0) is 16.5. The fourth-order valence-corrected chi connectivity index (χ4v) is 2.88. The predicted molar refractivity (Wildman–Crippen MR) is 83.6 cm³/mol. The van der Waals surface area contributed by atoms with Gasteiger partial charge in [-0.2, -0.15) is 0 Å². The molecular formula is C16H18N6O2. The Balaban J connectivity index is 1.42. The van der Waals surface area contributed by atoms with Gasteiger partial charge in [-0.25, -0.2) is 9.97 Å². The minimum absolute atomic E-state index is 0.126. The number of hydrogen-bond donors (Lipinski definition) is 1. The molecule has 1 aliphatic carbocycles. The van der Waals surface area contributed by atoms with Crippen LogP contribution in [-0.2, 0) is 24.4 Å². The maximum absolute atomic E-state index is 12.4. The van der Waals surface area contributed by atoms with Crippen LogP contribution >= 0.6 is 0 Å². The number of nitrogens with zero attached hydrogens (tertiary/aromatic N) is 5. The highest BCUT2D eigenvalue weighted by atomic mass is 16.2. The fourth-order valence-electron chi connectivity index (χ4n) is 2.88. The Morgan fingerprint density at radius 2 is 2.04 bits per heavy atom. The molecule has 2 amide bonds. The van der Waals surface area contributed by atoms with E-state index < -0.39 is 0 Å². The highest BCUT2D eigenvalue weighted by Crippen LogP contribution is 2.28. The normalized spacial score (nSPS) is 16.6. The molecule has 124 valence electrons. The summed E-state index contributed by atoms with van der Waals surface area (Å²) in [7, 11) is 0. The molecule has 0 aromatic carbocycles. The van der Waals surface area contributed by atoms with Gasteiger partial charge in [0.15, 0.2) is 0 Å². The molecule has 1 N–H and O–H groups in total. The summed E-state index contributed by atoms with van der Waals surface area (Å²) in [6.07, 6.45) is 8.30. The van der Waals surface area contributed by atoms with Gasteiger partial charge in [-0.1, -0.05) is 0 Å². The van der Waals surface area contributed by atoms with Crippen LogP contribution in [0.15, 0.2) is 24.8 Å². The molecule has 2 aliphatic rings. The summed E-state index contributed by atoms with van der Waals surface area (Å²) in [5.41, 5.74) is 1.32. The molecule has 8 heteroatoms. The average Bonchev–Trinajstić information content (AvgIpc) is 3.40. The van der Waals surface area contributed by atoms with Crippen LogP contribution in [0.5, 0.6) is 0 Å². The number of amides is 2. The number of rotatable bonds is 4. The molecule has 1 saturated carbocycles. The van der Waals surface area contributed by atoms with Gasteiger partial charge in [0.25, 0.3) is 5.91 Å². The molecule has 0 atom stereocenters. The Morgan fingerprint density at radius 3 is 2.79 bits per heavy atom. The maximum atomic E-state index is 12.4. The molecule has 8 nitrogen and oxygen atoms in total. The molecule has 0 bridgehead atoms. The van der Waals surface area contributed by atoms with E-state index in [0.29, 0.717) is 31.9 Å². The van der Waals surface area contributed by atoms with Gasteiger partial charge in [0.2, 0.25) is 5.91 Å². The van der Waals surface area contributed by atoms with E-state index in [4.69, 9.17) is 0 Å². The predicted octanol–water partition coefficient (Wildman–Crippen LogP) is 0.355. The lowest BCUT2D eigenvalue weighted by molar-refractivity contribution is -0.122. The topological polar surface area (TPSA) is 93.0 Å². The van der Waals surface area contributed by atoms with Crippen LogP contribution in [0.4, 0.5) is 0 Å². The number of nitrogens with one attached hydrogen (secondary N) is 1. The van der Waals surface area contributed by atoms with Gasteiger partial charge in [-0.15, -0.1) is 0 Å². The quantitative estimate of drug-likeness (QED) is 0.875. The second-order valence-electron chi connectivity index (χ2n) is 6.13. The van der Waals surface area contributed by atoms with Crippen LogP contribution in [0.1, 0.15) is 34.8 Å². The van der Waals surface area contributed by atoms with Crippen molar-refractivity contribution < 1.29 is 9.59 Å². The molecule has 1 fully saturated rings. The van der Waals surface area contributed by atoms with E-state index in [9.17, 15) is 9.59 Å². The molecule has 2 aromatic rings. The molecule has 1 aliphatic heterocycles. The SMILES string of the molecule is O=C(NCc1cnc2n1CCN(C(=O)c1cnccn1)C2)C1CC1. The summed E-state index contributed by atoms with van der Waals surface area (Å²) in [5.74, 6) is 1.02. The minimum Gasteiger partial charge on any atom is -0.350 e. The van der Waals surface area contributed by atoms with Crippen LogP contribution < -0.4 is 5.32 Å². The second-order valence-corrected chi connectivity index (χ2v) is 6.13. The van der Waals surface area contributed by atoms with Crippen LogP contribution in [0.2, 0.25) is 0 Å². The number of fused-ring (bicyclic) bond motifs is 1. The Labute approximate surface area is 138 Å². The molecule has 4 rings (SSSR count). The van der Waals surface area contributed by atoms with Crippen LogP contribution in [-0.4, -0.2) is 42.8 Å². The van der Waals surface area contributed by atoms with Crippen LogP contribution in [0, 0.1) is 5.92 Å². The first-order chi connectivity index (χ1) is 11.7. The zero-order valence-electron chi connectivity index (χ0n) is 13.2. The zero-order valence-corrected chi connectivity index (χ0v) is 13.2. The average molecular weight is 326 g/mol. The fraction of sp³-hybridized carbons (Fsp3) is 0.438. The highest BCUT2D eigenvalue weighted by Gasteiger charge is 2.30. The highest BCUT2D eigenvalue weighted by molar-refractivity contribution is 5.91. The summed E-state index contributed by atoms with van der Waals surface area (Å²) < 4.78 is 2.08. The van der Waals surface area contributed by atoms with Gasteiger partial charge in [-0.05, 0) is 12.8 Å². The monoisotopic (exact) mass is 326 g/mol. The van der Waals surface area contributed by atoms with Crippen molar-refractivity contribution in [1.29, 1.82) is 0 Å². The number of hydrogen-bond acceptors (Lipinski definition) is 5. The van der Waals surface area contributed by atoms with Crippen molar-refractivity contribution in [1.82, 2.24) is 29.7 Å². The van der Waals surface area contributed by atoms with Crippen molar-refractivity contribution in [3.8, 4) is 0 Å². The van der Waals surface area contributed by atoms with Crippen LogP contribution in [0.3, 0.4) is 0 Å². The molecule has 0 spiro atoms. The van der Waals surface area contributed by atoms with Gasteiger partial charge >= 0.3 is 0 Å². The smallest absolute Gasteiger partial charge is 0.274 e. The van der Waals surface area contributed by atoms with Crippen LogP contribution in [0.25, 0.3) is 0 Å². The minimum atomic E-state index is -0.138. The van der Waals surface area contributed by atoms with E-state index >= 15 is 0 Å². The van der Waals surface area contributed by atoms with E-state index in [1.807, 2.05) is 0 Å². The van der Waals surface area contributed by atoms with E-state index in [1.165, 1.54) is 12.4 Å². The first-order valence-electron chi connectivity index (χ1n) is 8.08. The van der Waals surface area contributed by atoms with Gasteiger partial charge < -0.3 is 14.8 Å². The lowest BCUT2D eigenvalue weighted by atomic mass is 10.3. The molecule has 2 aromatic heterocycles. The van der Waals surface area contributed by atoms with E-state index in [-0.39, 0.29) is 17.7 Å². The van der Waals surface area contributed by atoms with Gasteiger partial charge in [0, 0.05) is 31.4 Å². The molecule has 0 unspecified atom stereocenters. The first kappa shape index (κ1) is 14.8. The Kier molecular flexibility index (Phi) is 3.72. The molecule has 24 heavy (non-hydrogen) atoms. The summed E-state index contributed by atoms with van der Waals surface area (Å²) >= 11 is 0.